The molecule has 1 aliphatic carbocycles. The zero-order chi connectivity index (χ0) is 11.5. The SMILES string of the molecule is CNC(C)/C=C/C1C(C)=CCCC1(C)C. The summed E-state index contributed by atoms with van der Waals surface area (Å²) in [6.45, 7) is 9.20. The Morgan fingerprint density at radius 1 is 1.53 bits per heavy atom. The van der Waals surface area contributed by atoms with Crippen molar-refractivity contribution in [2.75, 3.05) is 7.05 Å². The van der Waals surface area contributed by atoms with Crippen molar-refractivity contribution < 1.29 is 0 Å². The van der Waals surface area contributed by atoms with E-state index in [1.54, 1.807) is 0 Å². The van der Waals surface area contributed by atoms with Gasteiger partial charge in [-0.15, -0.1) is 0 Å². The minimum atomic E-state index is 0.419. The van der Waals surface area contributed by atoms with Crippen LogP contribution in [0.25, 0.3) is 0 Å². The lowest BCUT2D eigenvalue weighted by molar-refractivity contribution is 0.255. The first-order chi connectivity index (χ1) is 6.97. The number of hydrogen-bond acceptors (Lipinski definition) is 1. The molecule has 0 aromatic rings. The van der Waals surface area contributed by atoms with Crippen molar-refractivity contribution in [1.29, 1.82) is 0 Å². The fraction of sp³-hybridized carbons (Fsp3) is 0.714. The Labute approximate surface area is 94.6 Å². The molecule has 0 spiro atoms. The van der Waals surface area contributed by atoms with Crippen LogP contribution in [0, 0.1) is 11.3 Å². The largest absolute Gasteiger partial charge is 0.314 e. The lowest BCUT2D eigenvalue weighted by Gasteiger charge is -2.36. The summed E-state index contributed by atoms with van der Waals surface area (Å²) in [6.07, 6.45) is 9.60. The highest BCUT2D eigenvalue weighted by Crippen LogP contribution is 2.41. The predicted molar refractivity (Wildman–Crippen MR) is 67.9 cm³/mol. The van der Waals surface area contributed by atoms with E-state index in [9.17, 15) is 0 Å². The van der Waals surface area contributed by atoms with Gasteiger partial charge in [0.25, 0.3) is 0 Å². The molecule has 2 unspecified atom stereocenters. The predicted octanol–water partition coefficient (Wildman–Crippen LogP) is 3.53. The number of likely N-dealkylation sites (N-methyl/N-ethyl adjacent to an activating group) is 1. The second-order valence-corrected chi connectivity index (χ2v) is 5.42. The Balaban J connectivity index is 2.76. The van der Waals surface area contributed by atoms with Gasteiger partial charge < -0.3 is 5.32 Å². The van der Waals surface area contributed by atoms with E-state index in [-0.39, 0.29) is 0 Å². The highest BCUT2D eigenvalue weighted by molar-refractivity contribution is 5.19. The van der Waals surface area contributed by atoms with Crippen LogP contribution in [0.15, 0.2) is 23.8 Å². The van der Waals surface area contributed by atoms with Gasteiger partial charge >= 0.3 is 0 Å². The average Bonchev–Trinajstić information content (AvgIpc) is 2.15. The number of hydrogen-bond donors (Lipinski definition) is 1. The van der Waals surface area contributed by atoms with E-state index in [2.05, 4.69) is 51.2 Å². The first-order valence-electron chi connectivity index (χ1n) is 5.99. The van der Waals surface area contributed by atoms with Crippen molar-refractivity contribution in [2.24, 2.45) is 11.3 Å². The molecule has 0 aliphatic heterocycles. The van der Waals surface area contributed by atoms with Crippen LogP contribution in [0.2, 0.25) is 0 Å². The fourth-order valence-corrected chi connectivity index (χ4v) is 2.36. The van der Waals surface area contributed by atoms with Gasteiger partial charge in [0.2, 0.25) is 0 Å². The maximum absolute atomic E-state index is 3.24. The molecule has 0 aromatic carbocycles. The van der Waals surface area contributed by atoms with E-state index in [0.717, 1.165) is 0 Å². The summed E-state index contributed by atoms with van der Waals surface area (Å²) in [5, 5.41) is 3.24. The van der Waals surface area contributed by atoms with Gasteiger partial charge in [0, 0.05) is 12.0 Å². The van der Waals surface area contributed by atoms with Crippen LogP contribution in [-0.4, -0.2) is 13.1 Å². The Morgan fingerprint density at radius 3 is 2.73 bits per heavy atom. The normalized spacial score (nSPS) is 27.8. The molecule has 1 nitrogen and oxygen atoms in total. The van der Waals surface area contributed by atoms with Gasteiger partial charge in [0.15, 0.2) is 0 Å². The van der Waals surface area contributed by atoms with E-state index in [1.807, 2.05) is 7.05 Å². The lowest BCUT2D eigenvalue weighted by atomic mass is 9.68. The second-order valence-electron chi connectivity index (χ2n) is 5.42. The molecule has 0 aromatic heterocycles. The standard InChI is InChI=1S/C14H25N/c1-11-7-6-10-14(3,4)13(11)9-8-12(2)15-5/h7-9,12-13,15H,6,10H2,1-5H3/b9-8+. The van der Waals surface area contributed by atoms with Crippen molar-refractivity contribution in [2.45, 2.75) is 46.6 Å². The van der Waals surface area contributed by atoms with Gasteiger partial charge in [-0.25, -0.2) is 0 Å². The van der Waals surface area contributed by atoms with Gasteiger partial charge in [-0.2, -0.15) is 0 Å². The van der Waals surface area contributed by atoms with Crippen LogP contribution in [0.4, 0.5) is 0 Å². The van der Waals surface area contributed by atoms with Crippen molar-refractivity contribution in [1.82, 2.24) is 5.32 Å². The molecule has 1 rings (SSSR count). The van der Waals surface area contributed by atoms with Crippen LogP contribution in [0.3, 0.4) is 0 Å². The van der Waals surface area contributed by atoms with Crippen LogP contribution in [-0.2, 0) is 0 Å². The molecule has 0 saturated carbocycles. The summed E-state index contributed by atoms with van der Waals surface area (Å²) in [7, 11) is 2.00. The van der Waals surface area contributed by atoms with Gasteiger partial charge in [0.1, 0.15) is 0 Å². The third-order valence-electron chi connectivity index (χ3n) is 3.64. The molecule has 0 radical (unpaired) electrons. The molecule has 0 bridgehead atoms. The van der Waals surface area contributed by atoms with Crippen LogP contribution in [0.5, 0.6) is 0 Å². The molecular formula is C14H25N. The molecule has 0 saturated heterocycles. The summed E-state index contributed by atoms with van der Waals surface area (Å²) >= 11 is 0. The van der Waals surface area contributed by atoms with E-state index >= 15 is 0 Å². The summed E-state index contributed by atoms with van der Waals surface area (Å²) < 4.78 is 0. The maximum atomic E-state index is 3.24. The van der Waals surface area contributed by atoms with E-state index < -0.39 is 0 Å². The average molecular weight is 207 g/mol. The quantitative estimate of drug-likeness (QED) is 0.698. The topological polar surface area (TPSA) is 12.0 Å². The number of nitrogens with one attached hydrogen (secondary N) is 1. The molecule has 86 valence electrons. The van der Waals surface area contributed by atoms with Crippen LogP contribution < -0.4 is 5.32 Å². The summed E-state index contributed by atoms with van der Waals surface area (Å²) in [5.41, 5.74) is 1.95. The number of rotatable bonds is 3. The molecule has 1 heteroatoms. The van der Waals surface area contributed by atoms with E-state index in [1.165, 1.54) is 18.4 Å². The monoisotopic (exact) mass is 207 g/mol. The molecule has 1 aliphatic rings. The highest BCUT2D eigenvalue weighted by atomic mass is 14.8. The minimum absolute atomic E-state index is 0.419. The van der Waals surface area contributed by atoms with Crippen molar-refractivity contribution in [3.8, 4) is 0 Å². The molecule has 15 heavy (non-hydrogen) atoms. The molecule has 2 atom stereocenters. The van der Waals surface area contributed by atoms with Gasteiger partial charge in [0.05, 0.1) is 0 Å². The Morgan fingerprint density at radius 2 is 2.20 bits per heavy atom. The molecular weight excluding hydrogens is 182 g/mol. The first-order valence-corrected chi connectivity index (χ1v) is 5.99. The smallest absolute Gasteiger partial charge is 0.0218 e. The maximum Gasteiger partial charge on any atom is 0.0218 e. The van der Waals surface area contributed by atoms with E-state index in [0.29, 0.717) is 17.4 Å². The lowest BCUT2D eigenvalue weighted by Crippen LogP contribution is -2.27. The summed E-state index contributed by atoms with van der Waals surface area (Å²) in [4.78, 5) is 0. The Bertz CT molecular complexity index is 261. The molecule has 0 amide bonds. The molecule has 1 N–H and O–H groups in total. The summed E-state index contributed by atoms with van der Waals surface area (Å²) in [5.74, 6) is 0.613. The van der Waals surface area contributed by atoms with Crippen molar-refractivity contribution >= 4 is 0 Å². The van der Waals surface area contributed by atoms with E-state index in [4.69, 9.17) is 0 Å². The zero-order valence-corrected chi connectivity index (χ0v) is 10.8. The third kappa shape index (κ3) is 3.20. The van der Waals surface area contributed by atoms with Crippen molar-refractivity contribution in [3.63, 3.8) is 0 Å². The first kappa shape index (κ1) is 12.5. The number of allylic oxidation sites excluding steroid dienone is 3. The molecule has 0 heterocycles. The third-order valence-corrected chi connectivity index (χ3v) is 3.64. The van der Waals surface area contributed by atoms with Crippen molar-refractivity contribution in [3.05, 3.63) is 23.8 Å². The minimum Gasteiger partial charge on any atom is -0.314 e. The van der Waals surface area contributed by atoms with Crippen LogP contribution in [0.1, 0.15) is 40.5 Å². The van der Waals surface area contributed by atoms with Gasteiger partial charge in [-0.3, -0.25) is 0 Å². The second kappa shape index (κ2) is 4.98. The Kier molecular flexibility index (Phi) is 4.15. The molecule has 0 fully saturated rings. The fourth-order valence-electron chi connectivity index (χ4n) is 2.36. The zero-order valence-electron chi connectivity index (χ0n) is 10.8. The van der Waals surface area contributed by atoms with Gasteiger partial charge in [-0.1, -0.05) is 37.6 Å². The summed E-state index contributed by atoms with van der Waals surface area (Å²) in [6, 6.07) is 0.468. The van der Waals surface area contributed by atoms with Gasteiger partial charge in [-0.05, 0) is 39.2 Å². The van der Waals surface area contributed by atoms with Crippen LogP contribution >= 0.6 is 0 Å². The highest BCUT2D eigenvalue weighted by Gasteiger charge is 2.30. The Hall–Kier alpha value is -0.560.